The van der Waals surface area contributed by atoms with Crippen molar-refractivity contribution in [3.8, 4) is 0 Å². The Balaban J connectivity index is 2.14. The molecule has 0 amide bonds. The normalized spacial score (nSPS) is 12.2. The number of nitrogens with one attached hydrogen (secondary N) is 1. The van der Waals surface area contributed by atoms with Gasteiger partial charge in [0.05, 0.1) is 17.9 Å². The van der Waals surface area contributed by atoms with Crippen LogP contribution in [0.25, 0.3) is 0 Å². The van der Waals surface area contributed by atoms with Gasteiger partial charge in [0.25, 0.3) is 0 Å². The minimum absolute atomic E-state index is 0.179. The van der Waals surface area contributed by atoms with Crippen LogP contribution in [0.1, 0.15) is 37.8 Å². The number of halogens is 2. The van der Waals surface area contributed by atoms with E-state index < -0.39 is 0 Å². The highest BCUT2D eigenvalue weighted by Gasteiger charge is 2.11. The van der Waals surface area contributed by atoms with Crippen LogP contribution in [-0.4, -0.2) is 4.98 Å². The van der Waals surface area contributed by atoms with Gasteiger partial charge in [0.2, 0.25) is 0 Å². The van der Waals surface area contributed by atoms with E-state index in [1.54, 1.807) is 6.20 Å². The summed E-state index contributed by atoms with van der Waals surface area (Å²) in [5.41, 5.74) is 2.07. The standard InChI is InChI=1S/C16H18BrFN2/c1-2-3-4-15(12-5-7-13(18)8-6-12)20-14-9-10-16(17)19-11-14/h5-11,15,20H,2-4H2,1H3. The summed E-state index contributed by atoms with van der Waals surface area (Å²) in [7, 11) is 0. The van der Waals surface area contributed by atoms with E-state index in [1.165, 1.54) is 12.1 Å². The van der Waals surface area contributed by atoms with Crippen molar-refractivity contribution in [1.29, 1.82) is 0 Å². The Morgan fingerprint density at radius 1 is 1.20 bits per heavy atom. The van der Waals surface area contributed by atoms with Crippen LogP contribution < -0.4 is 5.32 Å². The largest absolute Gasteiger partial charge is 0.377 e. The monoisotopic (exact) mass is 336 g/mol. The lowest BCUT2D eigenvalue weighted by molar-refractivity contribution is 0.616. The van der Waals surface area contributed by atoms with Gasteiger partial charge in [0.15, 0.2) is 0 Å². The second-order valence-electron chi connectivity index (χ2n) is 4.76. The van der Waals surface area contributed by atoms with Gasteiger partial charge in [-0.3, -0.25) is 0 Å². The van der Waals surface area contributed by atoms with E-state index in [0.29, 0.717) is 0 Å². The minimum Gasteiger partial charge on any atom is -0.377 e. The molecule has 106 valence electrons. The van der Waals surface area contributed by atoms with Crippen LogP contribution in [0.4, 0.5) is 10.1 Å². The van der Waals surface area contributed by atoms with Gasteiger partial charge < -0.3 is 5.32 Å². The number of benzene rings is 1. The zero-order chi connectivity index (χ0) is 14.4. The third kappa shape index (κ3) is 4.30. The van der Waals surface area contributed by atoms with Gasteiger partial charge in [-0.15, -0.1) is 0 Å². The maximum atomic E-state index is 13.0. The van der Waals surface area contributed by atoms with Crippen LogP contribution in [0.2, 0.25) is 0 Å². The lowest BCUT2D eigenvalue weighted by Gasteiger charge is -2.20. The van der Waals surface area contributed by atoms with E-state index >= 15 is 0 Å². The molecule has 0 fully saturated rings. The van der Waals surface area contributed by atoms with Crippen LogP contribution in [0, 0.1) is 5.82 Å². The van der Waals surface area contributed by atoms with Crippen molar-refractivity contribution in [1.82, 2.24) is 4.98 Å². The summed E-state index contributed by atoms with van der Waals surface area (Å²) < 4.78 is 13.9. The molecule has 0 saturated carbocycles. The molecule has 0 saturated heterocycles. The van der Waals surface area contributed by atoms with E-state index in [9.17, 15) is 4.39 Å². The van der Waals surface area contributed by atoms with Crippen LogP contribution in [0.5, 0.6) is 0 Å². The fourth-order valence-electron chi connectivity index (χ4n) is 2.09. The quantitative estimate of drug-likeness (QED) is 0.721. The molecule has 1 N–H and O–H groups in total. The molecule has 4 heteroatoms. The molecule has 2 nitrogen and oxygen atoms in total. The lowest BCUT2D eigenvalue weighted by atomic mass is 10.0. The highest BCUT2D eigenvalue weighted by Crippen LogP contribution is 2.25. The number of rotatable bonds is 6. The summed E-state index contributed by atoms with van der Waals surface area (Å²) in [6, 6.07) is 10.8. The van der Waals surface area contributed by atoms with Crippen molar-refractivity contribution in [2.45, 2.75) is 32.2 Å². The molecule has 20 heavy (non-hydrogen) atoms. The van der Waals surface area contributed by atoms with E-state index in [1.807, 2.05) is 24.3 Å². The molecule has 0 aliphatic carbocycles. The molecule has 2 aromatic rings. The second-order valence-corrected chi connectivity index (χ2v) is 5.57. The van der Waals surface area contributed by atoms with E-state index in [4.69, 9.17) is 0 Å². The van der Waals surface area contributed by atoms with Gasteiger partial charge in [-0.2, -0.15) is 0 Å². The Morgan fingerprint density at radius 2 is 1.95 bits per heavy atom. The Labute approximate surface area is 127 Å². The summed E-state index contributed by atoms with van der Waals surface area (Å²) in [6.07, 6.45) is 5.07. The first-order chi connectivity index (χ1) is 9.69. The number of anilines is 1. The number of hydrogen-bond donors (Lipinski definition) is 1. The molecular formula is C16H18BrFN2. The molecule has 1 aromatic carbocycles. The molecule has 2 rings (SSSR count). The first-order valence-corrected chi connectivity index (χ1v) is 7.62. The average molecular weight is 337 g/mol. The molecule has 0 aliphatic heterocycles. The molecule has 0 aliphatic rings. The first-order valence-electron chi connectivity index (χ1n) is 6.82. The number of pyridine rings is 1. The smallest absolute Gasteiger partial charge is 0.123 e. The van der Waals surface area contributed by atoms with E-state index in [0.717, 1.165) is 35.1 Å². The van der Waals surface area contributed by atoms with Crippen LogP contribution in [-0.2, 0) is 0 Å². The predicted octanol–water partition coefficient (Wildman–Crippen LogP) is 5.33. The van der Waals surface area contributed by atoms with Gasteiger partial charge in [-0.05, 0) is 52.2 Å². The molecular weight excluding hydrogens is 319 g/mol. The number of unbranched alkanes of at least 4 members (excludes halogenated alkanes) is 1. The Bertz CT molecular complexity index is 525. The second kappa shape index (κ2) is 7.39. The third-order valence-electron chi connectivity index (χ3n) is 3.19. The summed E-state index contributed by atoms with van der Waals surface area (Å²) in [5.74, 6) is -0.201. The maximum Gasteiger partial charge on any atom is 0.123 e. The molecule has 1 atom stereocenters. The highest BCUT2D eigenvalue weighted by molar-refractivity contribution is 9.10. The molecule has 1 aromatic heterocycles. The predicted molar refractivity (Wildman–Crippen MR) is 84.2 cm³/mol. The van der Waals surface area contributed by atoms with Crippen LogP contribution in [0.15, 0.2) is 47.2 Å². The highest BCUT2D eigenvalue weighted by atomic mass is 79.9. The number of hydrogen-bond acceptors (Lipinski definition) is 2. The van der Waals surface area contributed by atoms with E-state index in [-0.39, 0.29) is 11.9 Å². The van der Waals surface area contributed by atoms with Crippen molar-refractivity contribution in [2.24, 2.45) is 0 Å². The lowest BCUT2D eigenvalue weighted by Crippen LogP contribution is -2.11. The maximum absolute atomic E-state index is 13.0. The van der Waals surface area contributed by atoms with Crippen LogP contribution in [0.3, 0.4) is 0 Å². The van der Waals surface area contributed by atoms with Gasteiger partial charge >= 0.3 is 0 Å². The summed E-state index contributed by atoms with van der Waals surface area (Å²) in [6.45, 7) is 2.17. The Morgan fingerprint density at radius 3 is 2.55 bits per heavy atom. The summed E-state index contributed by atoms with van der Waals surface area (Å²) in [5, 5.41) is 3.47. The molecule has 0 bridgehead atoms. The summed E-state index contributed by atoms with van der Waals surface area (Å²) in [4.78, 5) is 4.21. The van der Waals surface area contributed by atoms with Gasteiger partial charge in [-0.25, -0.2) is 9.37 Å². The molecule has 1 unspecified atom stereocenters. The van der Waals surface area contributed by atoms with Gasteiger partial charge in [0, 0.05) is 0 Å². The SMILES string of the molecule is CCCCC(Nc1ccc(Br)nc1)c1ccc(F)cc1. The molecule has 0 spiro atoms. The minimum atomic E-state index is -0.201. The zero-order valence-corrected chi connectivity index (χ0v) is 13.0. The van der Waals surface area contributed by atoms with Crippen molar-refractivity contribution >= 4 is 21.6 Å². The van der Waals surface area contributed by atoms with Gasteiger partial charge in [-0.1, -0.05) is 31.9 Å². The molecule has 1 heterocycles. The molecule has 0 radical (unpaired) electrons. The number of nitrogens with zero attached hydrogens (tertiary/aromatic N) is 1. The van der Waals surface area contributed by atoms with Crippen molar-refractivity contribution in [3.05, 3.63) is 58.6 Å². The van der Waals surface area contributed by atoms with Crippen LogP contribution >= 0.6 is 15.9 Å². The average Bonchev–Trinajstić information content (AvgIpc) is 2.46. The van der Waals surface area contributed by atoms with Crippen molar-refractivity contribution in [3.63, 3.8) is 0 Å². The topological polar surface area (TPSA) is 24.9 Å². The zero-order valence-electron chi connectivity index (χ0n) is 11.4. The van der Waals surface area contributed by atoms with Gasteiger partial charge in [0.1, 0.15) is 10.4 Å². The third-order valence-corrected chi connectivity index (χ3v) is 3.66. The van der Waals surface area contributed by atoms with Crippen molar-refractivity contribution in [2.75, 3.05) is 5.32 Å². The fraction of sp³-hybridized carbons (Fsp3) is 0.312. The number of aromatic nitrogens is 1. The fourth-order valence-corrected chi connectivity index (χ4v) is 2.32. The van der Waals surface area contributed by atoms with Crippen molar-refractivity contribution < 1.29 is 4.39 Å². The summed E-state index contributed by atoms with van der Waals surface area (Å²) >= 11 is 3.33. The Hall–Kier alpha value is -1.42. The Kier molecular flexibility index (Phi) is 5.53. The van der Waals surface area contributed by atoms with E-state index in [2.05, 4.69) is 33.2 Å². The first kappa shape index (κ1) is 15.0.